The van der Waals surface area contributed by atoms with Crippen LogP contribution in [0, 0.1) is 0 Å². The van der Waals surface area contributed by atoms with E-state index in [-0.39, 0.29) is 0 Å². The first kappa shape index (κ1) is 47.6. The van der Waals surface area contributed by atoms with Gasteiger partial charge in [0.1, 0.15) is 0 Å². The number of rotatable bonds is 34. The van der Waals surface area contributed by atoms with Gasteiger partial charge in [0.15, 0.2) is 0 Å². The number of unbranched alkanes of at least 4 members (excludes halogenated alkanes) is 9. The molecule has 0 saturated heterocycles. The van der Waals surface area contributed by atoms with Crippen LogP contribution in [0.4, 0.5) is 0 Å². The standard InChI is InChI=1S/C5H11Si.9C4H9.3Sn/c1-5-6(2,3)4;9*1-3-4-2;;;/h2-5H2,1H3;9*1,3-4H2,2H3;;;. The van der Waals surface area contributed by atoms with E-state index in [1.54, 1.807) is 104 Å². The predicted molar refractivity (Wildman–Crippen MR) is 225 cm³/mol. The van der Waals surface area contributed by atoms with E-state index in [1.165, 1.54) is 57.8 Å². The third-order valence-corrected chi connectivity index (χ3v) is 93.4. The van der Waals surface area contributed by atoms with Crippen LogP contribution in [0.1, 0.15) is 185 Å². The summed E-state index contributed by atoms with van der Waals surface area (Å²) in [6.07, 6.45) is 27.4. The topological polar surface area (TPSA) is 0 Å². The summed E-state index contributed by atoms with van der Waals surface area (Å²) in [7, 11) is -1.35. The third kappa shape index (κ3) is 19.7. The first-order chi connectivity index (χ1) is 21.7. The Balaban J connectivity index is 7.46. The van der Waals surface area contributed by atoms with E-state index >= 15 is 0 Å². The summed E-state index contributed by atoms with van der Waals surface area (Å²) in [6.45, 7) is 25.5. The van der Waals surface area contributed by atoms with Gasteiger partial charge in [-0.3, -0.25) is 0 Å². The van der Waals surface area contributed by atoms with Crippen molar-refractivity contribution in [3.63, 3.8) is 0 Å². The Morgan fingerprint density at radius 3 is 0.533 bits per heavy atom. The van der Waals surface area contributed by atoms with Crippen LogP contribution in [0.15, 0.2) is 0 Å². The molecular formula is C41H92SiSn3. The summed E-state index contributed by atoms with van der Waals surface area (Å²) in [5, 5.41) is 0. The van der Waals surface area contributed by atoms with E-state index in [2.05, 4.69) is 69.2 Å². The van der Waals surface area contributed by atoms with Crippen molar-refractivity contribution in [1.82, 2.24) is 0 Å². The zero-order valence-electron chi connectivity index (χ0n) is 33.9. The predicted octanol–water partition coefficient (Wildman–Crippen LogP) is 16.6. The Bertz CT molecular complexity index is 502. The molecule has 0 radical (unpaired) electrons. The fraction of sp³-hybridized carbons (Fsp3) is 1.00. The van der Waals surface area contributed by atoms with Gasteiger partial charge in [-0.25, -0.2) is 0 Å². The molecule has 0 aliphatic carbocycles. The average Bonchev–Trinajstić information content (AvgIpc) is 3.06. The molecule has 0 amide bonds. The first-order valence-corrected chi connectivity index (χ1v) is 48.8. The van der Waals surface area contributed by atoms with E-state index in [1.807, 2.05) is 12.2 Å². The van der Waals surface area contributed by atoms with Gasteiger partial charge in [-0.1, -0.05) is 0 Å². The van der Waals surface area contributed by atoms with Gasteiger partial charge in [0.05, 0.1) is 0 Å². The Morgan fingerprint density at radius 1 is 0.267 bits per heavy atom. The number of hydrogen-bond acceptors (Lipinski definition) is 0. The van der Waals surface area contributed by atoms with Crippen molar-refractivity contribution in [2.24, 2.45) is 0 Å². The fourth-order valence-electron chi connectivity index (χ4n) is 9.84. The van der Waals surface area contributed by atoms with E-state index in [4.69, 9.17) is 0 Å². The van der Waals surface area contributed by atoms with Crippen LogP contribution in [0.5, 0.6) is 0 Å². The average molecular weight is 969 g/mol. The number of hydrogen-bond donors (Lipinski definition) is 0. The van der Waals surface area contributed by atoms with E-state index in [9.17, 15) is 0 Å². The molecule has 0 aliphatic heterocycles. The maximum atomic E-state index is 2.84. The van der Waals surface area contributed by atoms with Gasteiger partial charge in [0.2, 0.25) is 0 Å². The van der Waals surface area contributed by atoms with Gasteiger partial charge in [-0.05, 0) is 0 Å². The van der Waals surface area contributed by atoms with Crippen LogP contribution in [0.3, 0.4) is 0 Å². The SMILES string of the molecule is CCC[CH2][Sn]([CH2]CCC)([CH2]CCC)[CH2][Si](CC)([CH2][Sn]([CH2]CCC)([CH2]CCC)[CH2]CCC)[CH2][Sn]([CH2]CCC)([CH2]CCC)[CH2]CCC. The molecule has 0 unspecified atom stereocenters. The molecule has 272 valence electrons. The molecule has 4 heteroatoms. The zero-order valence-corrected chi connectivity index (χ0v) is 43.5. The van der Waals surface area contributed by atoms with Crippen molar-refractivity contribution in [3.8, 4) is 0 Å². The van der Waals surface area contributed by atoms with Gasteiger partial charge < -0.3 is 0 Å². The van der Waals surface area contributed by atoms with Crippen molar-refractivity contribution >= 4 is 63.2 Å². The quantitative estimate of drug-likeness (QED) is 0.0564. The Kier molecular flexibility index (Phi) is 30.9. The fourth-order valence-corrected chi connectivity index (χ4v) is 138. The summed E-state index contributed by atoms with van der Waals surface area (Å²) in [4.78, 5) is 0. The molecule has 0 saturated carbocycles. The summed E-state index contributed by atoms with van der Waals surface area (Å²) in [6, 6.07) is 1.71. The van der Waals surface area contributed by atoms with Crippen molar-refractivity contribution in [3.05, 3.63) is 0 Å². The van der Waals surface area contributed by atoms with Gasteiger partial charge in [-0.15, -0.1) is 0 Å². The minimum absolute atomic E-state index is 1.35. The van der Waals surface area contributed by atoms with Gasteiger partial charge in [-0.2, -0.15) is 0 Å². The van der Waals surface area contributed by atoms with Gasteiger partial charge >= 0.3 is 306 Å². The molecule has 0 atom stereocenters. The summed E-state index contributed by atoms with van der Waals surface area (Å²) in [5.41, 5.74) is 0. The third-order valence-electron chi connectivity index (χ3n) is 12.5. The van der Waals surface area contributed by atoms with Crippen LogP contribution in [0.2, 0.25) is 58.2 Å². The normalized spacial score (nSPS) is 13.2. The molecule has 45 heavy (non-hydrogen) atoms. The second-order valence-corrected chi connectivity index (χ2v) is 69.2. The van der Waals surface area contributed by atoms with Crippen molar-refractivity contribution < 1.29 is 0 Å². The van der Waals surface area contributed by atoms with E-state index in [0.717, 1.165) is 0 Å². The summed E-state index contributed by atoms with van der Waals surface area (Å²) < 4.78 is 22.0. The molecule has 0 aliphatic rings. The first-order valence-electron chi connectivity index (χ1n) is 21.7. The zero-order chi connectivity index (χ0) is 33.9. The summed E-state index contributed by atoms with van der Waals surface area (Å²) >= 11 is -6.82. The minimum atomic E-state index is -2.27. The summed E-state index contributed by atoms with van der Waals surface area (Å²) in [5.74, 6) is 0. The van der Waals surface area contributed by atoms with Crippen LogP contribution >= 0.6 is 0 Å². The van der Waals surface area contributed by atoms with Crippen LogP contribution in [-0.4, -0.2) is 63.2 Å². The Morgan fingerprint density at radius 2 is 0.422 bits per heavy atom. The van der Waals surface area contributed by atoms with E-state index < -0.39 is 63.2 Å². The van der Waals surface area contributed by atoms with Gasteiger partial charge in [0, 0.05) is 0 Å². The molecule has 0 N–H and O–H groups in total. The molecular weight excluding hydrogens is 877 g/mol. The molecule has 0 aromatic rings. The molecule has 0 heterocycles. The molecule has 0 bridgehead atoms. The maximum absolute atomic E-state index is 2.84. The molecule has 0 spiro atoms. The van der Waals surface area contributed by atoms with Crippen LogP contribution in [0.25, 0.3) is 0 Å². The molecule has 0 nitrogen and oxygen atoms in total. The Hall–Kier alpha value is 2.61. The second kappa shape index (κ2) is 29.2. The molecule has 0 rings (SSSR count). The van der Waals surface area contributed by atoms with Crippen molar-refractivity contribution in [1.29, 1.82) is 0 Å². The van der Waals surface area contributed by atoms with Crippen LogP contribution in [-0.2, 0) is 0 Å². The molecule has 0 fully saturated rings. The van der Waals surface area contributed by atoms with Gasteiger partial charge in [0.25, 0.3) is 0 Å². The molecule has 0 aromatic carbocycles. The van der Waals surface area contributed by atoms with Crippen molar-refractivity contribution in [2.45, 2.75) is 243 Å². The Labute approximate surface area is 303 Å². The second-order valence-electron chi connectivity index (χ2n) is 16.8. The van der Waals surface area contributed by atoms with Crippen LogP contribution < -0.4 is 0 Å². The van der Waals surface area contributed by atoms with Crippen molar-refractivity contribution in [2.75, 3.05) is 0 Å². The molecule has 0 aromatic heterocycles. The van der Waals surface area contributed by atoms with E-state index in [0.29, 0.717) is 0 Å². The monoisotopic (exact) mass is 972 g/mol.